The van der Waals surface area contributed by atoms with Gasteiger partial charge < -0.3 is 10.6 Å². The standard InChI is InChI=1S/C15H20N2O.C11H15N/c1-11(2)17-15(9-13(4)18)10-16-14-7-5-6-12(3)8-14;1-8-5-6-11(7-9(8)2)10(3)12-4/h5-9,16-17H,1,10H2,2-4H3;5-7H,1-4H3/b15-9-;. The van der Waals surface area contributed by atoms with Crippen LogP contribution in [0.4, 0.5) is 5.69 Å². The van der Waals surface area contributed by atoms with Crippen molar-refractivity contribution in [3.63, 3.8) is 0 Å². The van der Waals surface area contributed by atoms with Crippen molar-refractivity contribution in [1.29, 1.82) is 0 Å². The van der Waals surface area contributed by atoms with Crippen molar-refractivity contribution < 1.29 is 4.79 Å². The average Bonchev–Trinajstić information content (AvgIpc) is 2.67. The number of aryl methyl sites for hydroxylation is 3. The summed E-state index contributed by atoms with van der Waals surface area (Å²) < 4.78 is 0. The molecular formula is C26H35N3O. The molecule has 2 N–H and O–H groups in total. The van der Waals surface area contributed by atoms with Crippen LogP contribution in [0.25, 0.3) is 0 Å². The Hall–Kier alpha value is -3.14. The van der Waals surface area contributed by atoms with Crippen LogP contribution in [0.5, 0.6) is 0 Å². The zero-order chi connectivity index (χ0) is 22.7. The molecule has 0 aliphatic rings. The number of rotatable bonds is 7. The monoisotopic (exact) mass is 405 g/mol. The van der Waals surface area contributed by atoms with E-state index in [1.807, 2.05) is 46.0 Å². The number of carbonyl (C=O) groups excluding carboxylic acids is 1. The third-order valence-electron chi connectivity index (χ3n) is 4.51. The van der Waals surface area contributed by atoms with Gasteiger partial charge in [0, 0.05) is 35.9 Å². The second-order valence-electron chi connectivity index (χ2n) is 7.52. The largest absolute Gasteiger partial charge is 0.379 e. The summed E-state index contributed by atoms with van der Waals surface area (Å²) in [5, 5.41) is 6.35. The molecule has 2 aromatic carbocycles. The van der Waals surface area contributed by atoms with E-state index in [-0.39, 0.29) is 5.78 Å². The van der Waals surface area contributed by atoms with E-state index in [9.17, 15) is 4.79 Å². The molecule has 30 heavy (non-hydrogen) atoms. The van der Waals surface area contributed by atoms with Crippen molar-refractivity contribution >= 4 is 17.2 Å². The first-order chi connectivity index (χ1) is 14.1. The zero-order valence-corrected chi connectivity index (χ0v) is 19.4. The highest BCUT2D eigenvalue weighted by Gasteiger charge is 2.00. The Morgan fingerprint density at radius 1 is 1.03 bits per heavy atom. The predicted octanol–water partition coefficient (Wildman–Crippen LogP) is 5.75. The van der Waals surface area contributed by atoms with E-state index in [4.69, 9.17) is 0 Å². The fourth-order valence-electron chi connectivity index (χ4n) is 2.70. The molecule has 0 radical (unpaired) electrons. The summed E-state index contributed by atoms with van der Waals surface area (Å²) in [7, 11) is 1.82. The minimum absolute atomic E-state index is 0.0183. The van der Waals surface area contributed by atoms with Crippen LogP contribution in [0, 0.1) is 20.8 Å². The van der Waals surface area contributed by atoms with Gasteiger partial charge >= 0.3 is 0 Å². The van der Waals surface area contributed by atoms with E-state index in [1.54, 1.807) is 6.08 Å². The first kappa shape index (κ1) is 24.9. The zero-order valence-electron chi connectivity index (χ0n) is 19.4. The molecule has 0 spiro atoms. The number of aliphatic imine (C=N–C) groups is 1. The van der Waals surface area contributed by atoms with Gasteiger partial charge in [-0.05, 0) is 82.0 Å². The van der Waals surface area contributed by atoms with Gasteiger partial charge in [0.2, 0.25) is 0 Å². The van der Waals surface area contributed by atoms with Gasteiger partial charge in [-0.3, -0.25) is 9.79 Å². The molecule has 0 heterocycles. The molecule has 0 bridgehead atoms. The van der Waals surface area contributed by atoms with Gasteiger partial charge in [-0.25, -0.2) is 0 Å². The quantitative estimate of drug-likeness (QED) is 0.456. The number of ketones is 1. The lowest BCUT2D eigenvalue weighted by molar-refractivity contribution is -0.112. The number of hydrogen-bond acceptors (Lipinski definition) is 4. The summed E-state index contributed by atoms with van der Waals surface area (Å²) in [6, 6.07) is 14.5. The van der Waals surface area contributed by atoms with Gasteiger partial charge in [0.25, 0.3) is 0 Å². The van der Waals surface area contributed by atoms with Crippen molar-refractivity contribution in [3.05, 3.63) is 88.8 Å². The lowest BCUT2D eigenvalue weighted by Gasteiger charge is -2.12. The number of carbonyl (C=O) groups is 1. The smallest absolute Gasteiger partial charge is 0.154 e. The highest BCUT2D eigenvalue weighted by atomic mass is 16.1. The van der Waals surface area contributed by atoms with Crippen LogP contribution in [0.1, 0.15) is 43.0 Å². The van der Waals surface area contributed by atoms with Crippen molar-refractivity contribution in [2.24, 2.45) is 4.99 Å². The van der Waals surface area contributed by atoms with Gasteiger partial charge in [-0.2, -0.15) is 0 Å². The topological polar surface area (TPSA) is 53.5 Å². The van der Waals surface area contributed by atoms with Crippen LogP contribution < -0.4 is 10.6 Å². The van der Waals surface area contributed by atoms with Crippen LogP contribution in [0.2, 0.25) is 0 Å². The number of nitrogens with one attached hydrogen (secondary N) is 2. The van der Waals surface area contributed by atoms with Crippen molar-refractivity contribution in [1.82, 2.24) is 5.32 Å². The van der Waals surface area contributed by atoms with E-state index in [0.717, 1.165) is 22.8 Å². The summed E-state index contributed by atoms with van der Waals surface area (Å²) in [6.07, 6.45) is 1.58. The molecule has 0 saturated carbocycles. The summed E-state index contributed by atoms with van der Waals surface area (Å²) >= 11 is 0. The lowest BCUT2D eigenvalue weighted by Crippen LogP contribution is -2.19. The molecule has 0 aliphatic carbocycles. The lowest BCUT2D eigenvalue weighted by atomic mass is 10.0. The van der Waals surface area contributed by atoms with Gasteiger partial charge in [0.15, 0.2) is 5.78 Å². The molecule has 2 aromatic rings. The first-order valence-electron chi connectivity index (χ1n) is 10.1. The summed E-state index contributed by atoms with van der Waals surface area (Å²) in [5.74, 6) is 0.0183. The maximum atomic E-state index is 11.1. The molecule has 0 aromatic heterocycles. The second-order valence-corrected chi connectivity index (χ2v) is 7.52. The Kier molecular flexibility index (Phi) is 10.3. The third kappa shape index (κ3) is 9.37. The number of hydrogen-bond donors (Lipinski definition) is 2. The number of allylic oxidation sites excluding steroid dienone is 2. The first-order valence-corrected chi connectivity index (χ1v) is 10.1. The molecule has 0 amide bonds. The molecule has 0 fully saturated rings. The van der Waals surface area contributed by atoms with E-state index in [1.165, 1.54) is 29.2 Å². The third-order valence-corrected chi connectivity index (χ3v) is 4.51. The van der Waals surface area contributed by atoms with Crippen LogP contribution in [-0.4, -0.2) is 25.1 Å². The Morgan fingerprint density at radius 3 is 2.27 bits per heavy atom. The van der Waals surface area contributed by atoms with Crippen LogP contribution in [0.3, 0.4) is 0 Å². The Balaban J connectivity index is 0.000000325. The molecule has 0 unspecified atom stereocenters. The van der Waals surface area contributed by atoms with Crippen LogP contribution >= 0.6 is 0 Å². The molecule has 2 rings (SSSR count). The van der Waals surface area contributed by atoms with E-state index in [2.05, 4.69) is 60.3 Å². The molecule has 0 aliphatic heterocycles. The van der Waals surface area contributed by atoms with E-state index in [0.29, 0.717) is 6.54 Å². The summed E-state index contributed by atoms with van der Waals surface area (Å²) in [5.41, 5.74) is 8.85. The minimum atomic E-state index is 0.0183. The summed E-state index contributed by atoms with van der Waals surface area (Å²) in [4.78, 5) is 15.3. The number of benzene rings is 2. The predicted molar refractivity (Wildman–Crippen MR) is 130 cm³/mol. The average molecular weight is 406 g/mol. The highest BCUT2D eigenvalue weighted by Crippen LogP contribution is 2.11. The SMILES string of the molecule is C=C(C)N/C(=C\C(C)=O)CNc1cccc(C)c1.CN=C(C)c1ccc(C)c(C)c1. The number of nitrogens with zero attached hydrogens (tertiary/aromatic N) is 1. The van der Waals surface area contributed by atoms with Crippen molar-refractivity contribution in [2.75, 3.05) is 18.9 Å². The highest BCUT2D eigenvalue weighted by molar-refractivity contribution is 5.98. The fourth-order valence-corrected chi connectivity index (χ4v) is 2.70. The van der Waals surface area contributed by atoms with Crippen LogP contribution in [-0.2, 0) is 4.79 Å². The summed E-state index contributed by atoms with van der Waals surface area (Å²) in [6.45, 7) is 16.1. The number of anilines is 1. The molecule has 0 atom stereocenters. The van der Waals surface area contributed by atoms with Gasteiger partial charge in [-0.15, -0.1) is 0 Å². The molecule has 160 valence electrons. The molecular weight excluding hydrogens is 370 g/mol. The Labute approximate surface area is 181 Å². The Morgan fingerprint density at radius 2 is 1.73 bits per heavy atom. The van der Waals surface area contributed by atoms with E-state index >= 15 is 0 Å². The van der Waals surface area contributed by atoms with Gasteiger partial charge in [-0.1, -0.05) is 30.8 Å². The molecule has 0 saturated heterocycles. The maximum absolute atomic E-state index is 11.1. The van der Waals surface area contributed by atoms with Gasteiger partial charge in [0.1, 0.15) is 0 Å². The maximum Gasteiger partial charge on any atom is 0.154 e. The van der Waals surface area contributed by atoms with Crippen molar-refractivity contribution in [3.8, 4) is 0 Å². The van der Waals surface area contributed by atoms with Gasteiger partial charge in [0.05, 0.1) is 6.54 Å². The second kappa shape index (κ2) is 12.4. The fraction of sp³-hybridized carbons (Fsp3) is 0.308. The molecule has 4 heteroatoms. The molecule has 4 nitrogen and oxygen atoms in total. The Bertz CT molecular complexity index is 939. The van der Waals surface area contributed by atoms with Crippen LogP contribution in [0.15, 0.2) is 71.5 Å². The van der Waals surface area contributed by atoms with Crippen molar-refractivity contribution in [2.45, 2.75) is 41.5 Å². The normalized spacial score (nSPS) is 11.3. The minimum Gasteiger partial charge on any atom is -0.379 e. The van der Waals surface area contributed by atoms with E-state index < -0.39 is 0 Å².